The first-order valence-corrected chi connectivity index (χ1v) is 8.61. The zero-order valence-electron chi connectivity index (χ0n) is 14.6. The molecule has 3 aromatic carbocycles. The minimum atomic E-state index is 0.0181. The SMILES string of the molecule is COc1ccc2cc(CNC(=O)Cc3c[nH]c4ccccc34)ccc2c1. The second kappa shape index (κ2) is 6.92. The van der Waals surface area contributed by atoms with Gasteiger partial charge in [-0.1, -0.05) is 36.4 Å². The monoisotopic (exact) mass is 344 g/mol. The summed E-state index contributed by atoms with van der Waals surface area (Å²) in [4.78, 5) is 15.5. The van der Waals surface area contributed by atoms with Crippen molar-refractivity contribution in [2.45, 2.75) is 13.0 Å². The van der Waals surface area contributed by atoms with Crippen molar-refractivity contribution in [1.82, 2.24) is 10.3 Å². The number of carbonyl (C=O) groups excluding carboxylic acids is 1. The predicted molar refractivity (Wildman–Crippen MR) is 104 cm³/mol. The third-order valence-corrected chi connectivity index (χ3v) is 4.63. The lowest BCUT2D eigenvalue weighted by Gasteiger charge is -2.07. The van der Waals surface area contributed by atoms with Gasteiger partial charge in [0.15, 0.2) is 0 Å². The Morgan fingerprint density at radius 1 is 1.04 bits per heavy atom. The number of aromatic amines is 1. The summed E-state index contributed by atoms with van der Waals surface area (Å²) in [5.74, 6) is 0.863. The highest BCUT2D eigenvalue weighted by atomic mass is 16.5. The molecule has 4 rings (SSSR count). The van der Waals surface area contributed by atoms with E-state index in [1.165, 1.54) is 0 Å². The highest BCUT2D eigenvalue weighted by molar-refractivity contribution is 5.89. The number of hydrogen-bond acceptors (Lipinski definition) is 2. The molecule has 1 aromatic heterocycles. The number of ether oxygens (including phenoxy) is 1. The van der Waals surface area contributed by atoms with Crippen molar-refractivity contribution in [3.05, 3.63) is 78.0 Å². The van der Waals surface area contributed by atoms with Gasteiger partial charge in [0.2, 0.25) is 5.91 Å². The summed E-state index contributed by atoms with van der Waals surface area (Å²) in [7, 11) is 1.67. The number of hydrogen-bond donors (Lipinski definition) is 2. The van der Waals surface area contributed by atoms with E-state index in [4.69, 9.17) is 4.74 Å². The summed E-state index contributed by atoms with van der Waals surface area (Å²) in [6.45, 7) is 0.517. The van der Waals surface area contributed by atoms with Crippen LogP contribution in [0.3, 0.4) is 0 Å². The molecule has 2 N–H and O–H groups in total. The lowest BCUT2D eigenvalue weighted by molar-refractivity contribution is -0.120. The number of benzene rings is 3. The van der Waals surface area contributed by atoms with Crippen molar-refractivity contribution in [3.63, 3.8) is 0 Å². The summed E-state index contributed by atoms with van der Waals surface area (Å²) in [5.41, 5.74) is 3.15. The molecule has 0 unspecified atom stereocenters. The number of H-pyrrole nitrogens is 1. The van der Waals surface area contributed by atoms with Crippen LogP contribution < -0.4 is 10.1 Å². The first-order valence-electron chi connectivity index (χ1n) is 8.61. The first kappa shape index (κ1) is 16.2. The Hall–Kier alpha value is -3.27. The van der Waals surface area contributed by atoms with E-state index in [1.807, 2.05) is 54.7 Å². The van der Waals surface area contributed by atoms with Crippen molar-refractivity contribution >= 4 is 27.6 Å². The van der Waals surface area contributed by atoms with Gasteiger partial charge in [0.05, 0.1) is 13.5 Å². The van der Waals surface area contributed by atoms with Crippen LogP contribution in [0.15, 0.2) is 66.9 Å². The zero-order chi connectivity index (χ0) is 17.9. The number of amides is 1. The average molecular weight is 344 g/mol. The lowest BCUT2D eigenvalue weighted by Crippen LogP contribution is -2.24. The Labute approximate surface area is 151 Å². The molecule has 1 amide bonds. The maximum absolute atomic E-state index is 12.3. The molecule has 0 radical (unpaired) electrons. The van der Waals surface area contributed by atoms with Gasteiger partial charge in [-0.05, 0) is 46.2 Å². The van der Waals surface area contributed by atoms with Crippen LogP contribution in [0.2, 0.25) is 0 Å². The van der Waals surface area contributed by atoms with E-state index in [9.17, 15) is 4.79 Å². The number of rotatable bonds is 5. The van der Waals surface area contributed by atoms with E-state index < -0.39 is 0 Å². The number of para-hydroxylation sites is 1. The number of carbonyl (C=O) groups is 1. The predicted octanol–water partition coefficient (Wildman–Crippen LogP) is 4.19. The molecule has 0 saturated carbocycles. The van der Waals surface area contributed by atoms with Gasteiger partial charge in [-0.25, -0.2) is 0 Å². The Bertz CT molecular complexity index is 1080. The number of aromatic nitrogens is 1. The van der Waals surface area contributed by atoms with Gasteiger partial charge in [0, 0.05) is 23.6 Å². The van der Waals surface area contributed by atoms with Crippen molar-refractivity contribution < 1.29 is 9.53 Å². The van der Waals surface area contributed by atoms with E-state index in [0.29, 0.717) is 13.0 Å². The smallest absolute Gasteiger partial charge is 0.224 e. The minimum Gasteiger partial charge on any atom is -0.497 e. The molecule has 0 aliphatic carbocycles. The van der Waals surface area contributed by atoms with Crippen LogP contribution in [0.5, 0.6) is 5.75 Å². The molecule has 26 heavy (non-hydrogen) atoms. The van der Waals surface area contributed by atoms with Crippen molar-refractivity contribution in [2.75, 3.05) is 7.11 Å². The topological polar surface area (TPSA) is 54.1 Å². The van der Waals surface area contributed by atoms with Gasteiger partial charge in [-0.2, -0.15) is 0 Å². The molecule has 1 heterocycles. The fourth-order valence-electron chi connectivity index (χ4n) is 3.22. The Morgan fingerprint density at radius 3 is 2.73 bits per heavy atom. The molecular weight excluding hydrogens is 324 g/mol. The van der Waals surface area contributed by atoms with E-state index in [0.717, 1.165) is 38.6 Å². The van der Waals surface area contributed by atoms with Crippen LogP contribution in [0.4, 0.5) is 0 Å². The van der Waals surface area contributed by atoms with Crippen LogP contribution >= 0.6 is 0 Å². The van der Waals surface area contributed by atoms with Gasteiger partial charge in [-0.3, -0.25) is 4.79 Å². The molecule has 0 aliphatic heterocycles. The summed E-state index contributed by atoms with van der Waals surface area (Å²) >= 11 is 0. The van der Waals surface area contributed by atoms with Gasteiger partial charge in [-0.15, -0.1) is 0 Å². The fourth-order valence-corrected chi connectivity index (χ4v) is 3.22. The summed E-state index contributed by atoms with van der Waals surface area (Å²) < 4.78 is 5.25. The average Bonchev–Trinajstić information content (AvgIpc) is 3.08. The van der Waals surface area contributed by atoms with E-state index in [2.05, 4.69) is 22.4 Å². The Morgan fingerprint density at radius 2 is 1.85 bits per heavy atom. The molecule has 4 aromatic rings. The number of methoxy groups -OCH3 is 1. The molecule has 4 heteroatoms. The molecular formula is C22H20N2O2. The van der Waals surface area contributed by atoms with Crippen molar-refractivity contribution in [3.8, 4) is 5.75 Å². The Balaban J connectivity index is 1.43. The number of fused-ring (bicyclic) bond motifs is 2. The number of nitrogens with one attached hydrogen (secondary N) is 2. The van der Waals surface area contributed by atoms with Crippen LogP contribution in [-0.4, -0.2) is 18.0 Å². The highest BCUT2D eigenvalue weighted by Crippen LogP contribution is 2.22. The molecule has 0 aliphatic rings. The maximum Gasteiger partial charge on any atom is 0.224 e. The first-order chi connectivity index (χ1) is 12.7. The standard InChI is InChI=1S/C22H20N2O2/c1-26-19-9-8-16-10-15(6-7-17(16)11-19)13-24-22(25)12-18-14-23-21-5-3-2-4-20(18)21/h2-11,14,23H,12-13H2,1H3,(H,24,25). The van der Waals surface area contributed by atoms with Gasteiger partial charge < -0.3 is 15.0 Å². The molecule has 0 saturated heterocycles. The third-order valence-electron chi connectivity index (χ3n) is 4.63. The highest BCUT2D eigenvalue weighted by Gasteiger charge is 2.08. The van der Waals surface area contributed by atoms with E-state index in [1.54, 1.807) is 7.11 Å². The van der Waals surface area contributed by atoms with Gasteiger partial charge in [0.25, 0.3) is 0 Å². The van der Waals surface area contributed by atoms with E-state index >= 15 is 0 Å². The fraction of sp³-hybridized carbons (Fsp3) is 0.136. The molecule has 0 atom stereocenters. The zero-order valence-corrected chi connectivity index (χ0v) is 14.6. The minimum absolute atomic E-state index is 0.0181. The normalized spacial score (nSPS) is 11.0. The summed E-state index contributed by atoms with van der Waals surface area (Å²) in [6, 6.07) is 20.2. The van der Waals surface area contributed by atoms with E-state index in [-0.39, 0.29) is 5.91 Å². The maximum atomic E-state index is 12.3. The van der Waals surface area contributed by atoms with Crippen LogP contribution in [0.25, 0.3) is 21.7 Å². The van der Waals surface area contributed by atoms with Crippen LogP contribution in [-0.2, 0) is 17.8 Å². The van der Waals surface area contributed by atoms with Crippen LogP contribution in [0, 0.1) is 0 Å². The third kappa shape index (κ3) is 3.26. The van der Waals surface area contributed by atoms with Crippen LogP contribution in [0.1, 0.15) is 11.1 Å². The summed E-state index contributed by atoms with van der Waals surface area (Å²) in [6.07, 6.45) is 2.28. The largest absolute Gasteiger partial charge is 0.497 e. The van der Waals surface area contributed by atoms with Crippen molar-refractivity contribution in [2.24, 2.45) is 0 Å². The molecule has 0 spiro atoms. The Kier molecular flexibility index (Phi) is 4.32. The second-order valence-corrected chi connectivity index (χ2v) is 6.36. The molecule has 130 valence electrons. The quantitative estimate of drug-likeness (QED) is 0.570. The second-order valence-electron chi connectivity index (χ2n) is 6.36. The van der Waals surface area contributed by atoms with Gasteiger partial charge in [0.1, 0.15) is 5.75 Å². The van der Waals surface area contributed by atoms with Crippen molar-refractivity contribution in [1.29, 1.82) is 0 Å². The molecule has 0 fully saturated rings. The lowest BCUT2D eigenvalue weighted by atomic mass is 10.1. The molecule has 4 nitrogen and oxygen atoms in total. The summed E-state index contributed by atoms with van der Waals surface area (Å²) in [5, 5.41) is 6.37. The molecule has 0 bridgehead atoms. The van der Waals surface area contributed by atoms with Gasteiger partial charge >= 0.3 is 0 Å².